The van der Waals surface area contributed by atoms with Gasteiger partial charge in [0.2, 0.25) is 0 Å². The molecule has 5 nitrogen and oxygen atoms in total. The minimum Gasteiger partial charge on any atom is -0.497 e. The molecule has 0 spiro atoms. The summed E-state index contributed by atoms with van der Waals surface area (Å²) >= 11 is 0. The number of urea groups is 1. The first kappa shape index (κ1) is 18.8. The van der Waals surface area contributed by atoms with E-state index in [0.29, 0.717) is 0 Å². The molecule has 0 aromatic heterocycles. The Hall–Kier alpha value is -2.53. The van der Waals surface area contributed by atoms with Crippen LogP contribution in [0.4, 0.5) is 4.79 Å². The number of aliphatic hydroxyl groups is 1. The summed E-state index contributed by atoms with van der Waals surface area (Å²) in [4.78, 5) is 12.4. The van der Waals surface area contributed by atoms with E-state index in [1.807, 2.05) is 68.4 Å². The molecule has 0 radical (unpaired) electrons. The Bertz CT molecular complexity index is 658. The van der Waals surface area contributed by atoms with Gasteiger partial charge in [-0.3, -0.25) is 0 Å². The highest BCUT2D eigenvalue weighted by atomic mass is 16.5. The number of rotatable bonds is 7. The highest BCUT2D eigenvalue weighted by Gasteiger charge is 2.19. The molecule has 3 unspecified atom stereocenters. The molecular weight excluding hydrogens is 316 g/mol. The number of hydrogen-bond acceptors (Lipinski definition) is 3. The lowest BCUT2D eigenvalue weighted by Gasteiger charge is -2.24. The number of aliphatic hydroxyl groups excluding tert-OH is 1. The van der Waals surface area contributed by atoms with Crippen molar-refractivity contribution in [2.45, 2.75) is 25.9 Å². The van der Waals surface area contributed by atoms with Crippen LogP contribution < -0.4 is 15.4 Å². The molecule has 0 heterocycles. The van der Waals surface area contributed by atoms with Gasteiger partial charge in [-0.15, -0.1) is 0 Å². The third-order valence-corrected chi connectivity index (χ3v) is 4.36. The van der Waals surface area contributed by atoms with E-state index in [2.05, 4.69) is 10.6 Å². The topological polar surface area (TPSA) is 70.6 Å². The first-order valence-corrected chi connectivity index (χ1v) is 8.42. The van der Waals surface area contributed by atoms with Gasteiger partial charge < -0.3 is 20.5 Å². The lowest BCUT2D eigenvalue weighted by atomic mass is 9.98. The highest BCUT2D eigenvalue weighted by molar-refractivity contribution is 5.75. The maximum absolute atomic E-state index is 12.4. The van der Waals surface area contributed by atoms with Crippen molar-refractivity contribution >= 4 is 6.03 Å². The Labute approximate surface area is 149 Å². The fourth-order valence-electron chi connectivity index (χ4n) is 2.48. The van der Waals surface area contributed by atoms with E-state index < -0.39 is 0 Å². The van der Waals surface area contributed by atoms with Gasteiger partial charge in [-0.2, -0.15) is 0 Å². The first-order valence-electron chi connectivity index (χ1n) is 8.42. The van der Waals surface area contributed by atoms with Crippen LogP contribution >= 0.6 is 0 Å². The molecule has 0 saturated heterocycles. The molecule has 3 N–H and O–H groups in total. The van der Waals surface area contributed by atoms with Crippen molar-refractivity contribution in [1.29, 1.82) is 0 Å². The van der Waals surface area contributed by atoms with E-state index in [9.17, 15) is 9.90 Å². The molecule has 134 valence electrons. The van der Waals surface area contributed by atoms with Crippen molar-refractivity contribution in [3.8, 4) is 5.75 Å². The summed E-state index contributed by atoms with van der Waals surface area (Å²) in [6, 6.07) is 16.8. The van der Waals surface area contributed by atoms with Crippen molar-refractivity contribution in [1.82, 2.24) is 10.6 Å². The zero-order valence-electron chi connectivity index (χ0n) is 14.9. The van der Waals surface area contributed by atoms with Gasteiger partial charge in [-0.25, -0.2) is 4.79 Å². The standard InChI is InChI=1S/C20H26N2O3/c1-14(13-23)15(2)21-20(24)22-19(16-7-5-4-6-8-16)17-9-11-18(25-3)12-10-17/h4-12,14-15,19,23H,13H2,1-3H3,(H2,21,22,24). The Morgan fingerprint density at radius 1 is 1.00 bits per heavy atom. The Kier molecular flexibility index (Phi) is 6.83. The van der Waals surface area contributed by atoms with Gasteiger partial charge in [0, 0.05) is 12.6 Å². The second-order valence-corrected chi connectivity index (χ2v) is 6.18. The van der Waals surface area contributed by atoms with E-state index in [-0.39, 0.29) is 30.6 Å². The van der Waals surface area contributed by atoms with Gasteiger partial charge in [0.15, 0.2) is 0 Å². The van der Waals surface area contributed by atoms with E-state index in [0.717, 1.165) is 16.9 Å². The monoisotopic (exact) mass is 342 g/mol. The third kappa shape index (κ3) is 5.22. The fourth-order valence-corrected chi connectivity index (χ4v) is 2.48. The molecule has 2 rings (SSSR count). The van der Waals surface area contributed by atoms with Crippen LogP contribution in [0.15, 0.2) is 54.6 Å². The van der Waals surface area contributed by atoms with E-state index in [1.165, 1.54) is 0 Å². The van der Waals surface area contributed by atoms with Crippen LogP contribution in [0.1, 0.15) is 31.0 Å². The van der Waals surface area contributed by atoms with Gasteiger partial charge in [0.1, 0.15) is 5.75 Å². The third-order valence-electron chi connectivity index (χ3n) is 4.36. The number of ether oxygens (including phenoxy) is 1. The summed E-state index contributed by atoms with van der Waals surface area (Å²) in [5.41, 5.74) is 1.95. The number of hydrogen-bond donors (Lipinski definition) is 3. The second-order valence-electron chi connectivity index (χ2n) is 6.18. The molecule has 2 aromatic rings. The minimum atomic E-state index is -0.274. The largest absolute Gasteiger partial charge is 0.497 e. The molecule has 3 atom stereocenters. The van der Waals surface area contributed by atoms with Gasteiger partial charge in [-0.05, 0) is 36.1 Å². The first-order chi connectivity index (χ1) is 12.0. The molecule has 2 amide bonds. The molecule has 0 bridgehead atoms. The quantitative estimate of drug-likeness (QED) is 0.724. The van der Waals surface area contributed by atoms with E-state index >= 15 is 0 Å². The van der Waals surface area contributed by atoms with Crippen LogP contribution in [-0.2, 0) is 0 Å². The van der Waals surface area contributed by atoms with Gasteiger partial charge in [-0.1, -0.05) is 49.4 Å². The normalized spacial score (nSPS) is 14.2. The van der Waals surface area contributed by atoms with Crippen LogP contribution in [-0.4, -0.2) is 30.9 Å². The van der Waals surface area contributed by atoms with E-state index in [4.69, 9.17) is 4.74 Å². The predicted octanol–water partition coefficient (Wildman–Crippen LogP) is 3.10. The van der Waals surface area contributed by atoms with Gasteiger partial charge in [0.05, 0.1) is 13.2 Å². The van der Waals surface area contributed by atoms with Crippen molar-refractivity contribution in [2.24, 2.45) is 5.92 Å². The minimum absolute atomic E-state index is 0.0121. The average molecular weight is 342 g/mol. The Morgan fingerprint density at radius 3 is 2.16 bits per heavy atom. The summed E-state index contributed by atoms with van der Waals surface area (Å²) in [6.07, 6.45) is 0. The Morgan fingerprint density at radius 2 is 1.60 bits per heavy atom. The highest BCUT2D eigenvalue weighted by Crippen LogP contribution is 2.24. The van der Waals surface area contributed by atoms with Crippen LogP contribution in [0.2, 0.25) is 0 Å². The summed E-state index contributed by atoms with van der Waals surface area (Å²) < 4.78 is 5.20. The number of benzene rings is 2. The average Bonchev–Trinajstić information content (AvgIpc) is 2.66. The zero-order valence-corrected chi connectivity index (χ0v) is 14.9. The van der Waals surface area contributed by atoms with E-state index in [1.54, 1.807) is 7.11 Å². The molecule has 25 heavy (non-hydrogen) atoms. The molecule has 0 aliphatic heterocycles. The second kappa shape index (κ2) is 9.08. The Balaban J connectivity index is 2.19. The van der Waals surface area contributed by atoms with Crippen molar-refractivity contribution in [2.75, 3.05) is 13.7 Å². The maximum Gasteiger partial charge on any atom is 0.315 e. The molecule has 0 fully saturated rings. The van der Waals surface area contributed by atoms with Crippen LogP contribution in [0.5, 0.6) is 5.75 Å². The molecule has 5 heteroatoms. The number of amides is 2. The lowest BCUT2D eigenvalue weighted by molar-refractivity contribution is 0.199. The van der Waals surface area contributed by atoms with Gasteiger partial charge >= 0.3 is 6.03 Å². The number of carbonyl (C=O) groups is 1. The smallest absolute Gasteiger partial charge is 0.315 e. The van der Waals surface area contributed by atoms with Crippen molar-refractivity contribution in [3.63, 3.8) is 0 Å². The predicted molar refractivity (Wildman–Crippen MR) is 98.7 cm³/mol. The van der Waals surface area contributed by atoms with Crippen molar-refractivity contribution in [3.05, 3.63) is 65.7 Å². The summed E-state index contributed by atoms with van der Waals surface area (Å²) in [5, 5.41) is 15.1. The maximum atomic E-state index is 12.4. The summed E-state index contributed by atoms with van der Waals surface area (Å²) in [6.45, 7) is 3.80. The molecule has 0 aliphatic rings. The van der Waals surface area contributed by atoms with Crippen LogP contribution in [0.25, 0.3) is 0 Å². The van der Waals surface area contributed by atoms with Crippen LogP contribution in [0.3, 0.4) is 0 Å². The van der Waals surface area contributed by atoms with Crippen LogP contribution in [0, 0.1) is 5.92 Å². The van der Waals surface area contributed by atoms with Crippen molar-refractivity contribution < 1.29 is 14.6 Å². The summed E-state index contributed by atoms with van der Waals surface area (Å²) in [7, 11) is 1.62. The molecule has 2 aromatic carbocycles. The number of carbonyl (C=O) groups excluding carboxylic acids is 1. The summed E-state index contributed by atoms with van der Waals surface area (Å²) in [5.74, 6) is 0.757. The number of nitrogens with one attached hydrogen (secondary N) is 2. The SMILES string of the molecule is COc1ccc(C(NC(=O)NC(C)C(C)CO)c2ccccc2)cc1. The molecular formula is C20H26N2O3. The lowest BCUT2D eigenvalue weighted by Crippen LogP contribution is -2.45. The molecule has 0 aliphatic carbocycles. The number of methoxy groups -OCH3 is 1. The molecule has 0 saturated carbocycles. The fraction of sp³-hybridized carbons (Fsp3) is 0.350. The zero-order chi connectivity index (χ0) is 18.2. The van der Waals surface area contributed by atoms with Gasteiger partial charge in [0.25, 0.3) is 0 Å².